The van der Waals surface area contributed by atoms with E-state index in [0.29, 0.717) is 0 Å². The van der Waals surface area contributed by atoms with Gasteiger partial charge in [-0.25, -0.2) is 0 Å². The Labute approximate surface area is 86.0 Å². The summed E-state index contributed by atoms with van der Waals surface area (Å²) in [5.41, 5.74) is 4.58. The monoisotopic (exact) mass is 190 g/mol. The van der Waals surface area contributed by atoms with Crippen molar-refractivity contribution in [3.05, 3.63) is 22.9 Å². The van der Waals surface area contributed by atoms with Crippen LogP contribution in [-0.4, -0.2) is 24.8 Å². The van der Waals surface area contributed by atoms with Gasteiger partial charge in [0.1, 0.15) is 0 Å². The maximum atomic E-state index is 4.35. The van der Waals surface area contributed by atoms with Crippen molar-refractivity contribution in [3.63, 3.8) is 0 Å². The van der Waals surface area contributed by atoms with Crippen molar-refractivity contribution in [3.8, 4) is 0 Å². The molecule has 0 unspecified atom stereocenters. The minimum absolute atomic E-state index is 0.900. The predicted molar refractivity (Wildman–Crippen MR) is 60.4 cm³/mol. The van der Waals surface area contributed by atoms with Crippen LogP contribution in [-0.2, 0) is 0 Å². The first kappa shape index (κ1) is 9.50. The predicted octanol–water partition coefficient (Wildman–Crippen LogP) is 2.73. The molecule has 1 aliphatic heterocycles. The summed E-state index contributed by atoms with van der Waals surface area (Å²) in [5.74, 6) is 0. The maximum absolute atomic E-state index is 4.35. The Morgan fingerprint density at radius 3 is 2.93 bits per heavy atom. The molecular formula is C12H18N2. The zero-order valence-electron chi connectivity index (χ0n) is 9.08. The normalized spacial score (nSPS) is 20.4. The SMILES string of the molecule is CCC1=C(CC=C2CC2)CN=CN1C. The van der Waals surface area contributed by atoms with Gasteiger partial charge in [0.15, 0.2) is 0 Å². The molecule has 0 bridgehead atoms. The van der Waals surface area contributed by atoms with E-state index in [-0.39, 0.29) is 0 Å². The first-order valence-corrected chi connectivity index (χ1v) is 5.43. The van der Waals surface area contributed by atoms with Crippen LogP contribution < -0.4 is 0 Å². The minimum Gasteiger partial charge on any atom is -0.340 e. The van der Waals surface area contributed by atoms with Crippen LogP contribution in [0, 0.1) is 0 Å². The Hall–Kier alpha value is -1.05. The van der Waals surface area contributed by atoms with E-state index in [1.807, 2.05) is 6.34 Å². The molecule has 2 nitrogen and oxygen atoms in total. The van der Waals surface area contributed by atoms with Crippen LogP contribution in [0.3, 0.4) is 0 Å². The Morgan fingerprint density at radius 1 is 1.50 bits per heavy atom. The second kappa shape index (κ2) is 3.99. The van der Waals surface area contributed by atoms with Gasteiger partial charge in [-0.2, -0.15) is 0 Å². The van der Waals surface area contributed by atoms with Gasteiger partial charge < -0.3 is 4.90 Å². The Morgan fingerprint density at radius 2 is 2.29 bits per heavy atom. The van der Waals surface area contributed by atoms with Crippen LogP contribution in [0.2, 0.25) is 0 Å². The van der Waals surface area contributed by atoms with Gasteiger partial charge in [-0.05, 0) is 31.3 Å². The van der Waals surface area contributed by atoms with Gasteiger partial charge in [0.05, 0.1) is 12.9 Å². The second-order valence-electron chi connectivity index (χ2n) is 4.04. The van der Waals surface area contributed by atoms with E-state index >= 15 is 0 Å². The highest BCUT2D eigenvalue weighted by Crippen LogP contribution is 2.29. The molecule has 0 spiro atoms. The fourth-order valence-electron chi connectivity index (χ4n) is 1.91. The average Bonchev–Trinajstić information content (AvgIpc) is 2.98. The number of nitrogens with zero attached hydrogens (tertiary/aromatic N) is 2. The van der Waals surface area contributed by atoms with E-state index < -0.39 is 0 Å². The van der Waals surface area contributed by atoms with Gasteiger partial charge in [-0.3, -0.25) is 4.99 Å². The van der Waals surface area contributed by atoms with Crippen LogP contribution >= 0.6 is 0 Å². The third-order valence-corrected chi connectivity index (χ3v) is 2.88. The Kier molecular flexibility index (Phi) is 2.71. The Bertz CT molecular complexity index is 304. The van der Waals surface area contributed by atoms with Crippen molar-refractivity contribution < 1.29 is 0 Å². The van der Waals surface area contributed by atoms with Gasteiger partial charge in [0.25, 0.3) is 0 Å². The molecule has 0 aromatic rings. The highest BCUT2D eigenvalue weighted by molar-refractivity contribution is 5.60. The lowest BCUT2D eigenvalue weighted by molar-refractivity contribution is 0.583. The molecule has 0 saturated heterocycles. The van der Waals surface area contributed by atoms with Gasteiger partial charge in [0.2, 0.25) is 0 Å². The molecule has 0 atom stereocenters. The summed E-state index contributed by atoms with van der Waals surface area (Å²) in [6.07, 6.45) is 9.20. The summed E-state index contributed by atoms with van der Waals surface area (Å²) >= 11 is 0. The van der Waals surface area contributed by atoms with Crippen molar-refractivity contribution in [2.24, 2.45) is 4.99 Å². The lowest BCUT2D eigenvalue weighted by Gasteiger charge is -2.24. The van der Waals surface area contributed by atoms with Crippen molar-refractivity contribution in [2.75, 3.05) is 13.6 Å². The minimum atomic E-state index is 0.900. The molecule has 76 valence electrons. The first-order chi connectivity index (χ1) is 6.81. The van der Waals surface area contributed by atoms with Gasteiger partial charge in [-0.15, -0.1) is 0 Å². The molecule has 2 heteroatoms. The van der Waals surface area contributed by atoms with Crippen molar-refractivity contribution in [1.82, 2.24) is 4.90 Å². The van der Waals surface area contributed by atoms with E-state index in [0.717, 1.165) is 19.4 Å². The summed E-state index contributed by atoms with van der Waals surface area (Å²) in [7, 11) is 2.09. The van der Waals surface area contributed by atoms with Gasteiger partial charge in [-0.1, -0.05) is 18.6 Å². The summed E-state index contributed by atoms with van der Waals surface area (Å²) in [4.78, 5) is 6.51. The zero-order valence-corrected chi connectivity index (χ0v) is 9.08. The van der Waals surface area contributed by atoms with Crippen LogP contribution in [0.5, 0.6) is 0 Å². The molecular weight excluding hydrogens is 172 g/mol. The van der Waals surface area contributed by atoms with E-state index in [9.17, 15) is 0 Å². The number of rotatable bonds is 3. The highest BCUT2D eigenvalue weighted by Gasteiger charge is 2.14. The molecule has 0 amide bonds. The van der Waals surface area contributed by atoms with E-state index in [1.54, 1.807) is 5.57 Å². The molecule has 2 aliphatic rings. The molecule has 14 heavy (non-hydrogen) atoms. The second-order valence-corrected chi connectivity index (χ2v) is 4.04. The fourth-order valence-corrected chi connectivity index (χ4v) is 1.91. The summed E-state index contributed by atoms with van der Waals surface area (Å²) < 4.78 is 0. The smallest absolute Gasteiger partial charge is 0.0893 e. The topological polar surface area (TPSA) is 15.6 Å². The molecule has 1 saturated carbocycles. The third-order valence-electron chi connectivity index (χ3n) is 2.88. The fraction of sp³-hybridized carbons (Fsp3) is 0.583. The van der Waals surface area contributed by atoms with Crippen LogP contribution in [0.4, 0.5) is 0 Å². The number of allylic oxidation sites excluding steroid dienone is 3. The van der Waals surface area contributed by atoms with Crippen LogP contribution in [0.25, 0.3) is 0 Å². The van der Waals surface area contributed by atoms with Crippen LogP contribution in [0.1, 0.15) is 32.6 Å². The zero-order chi connectivity index (χ0) is 9.97. The van der Waals surface area contributed by atoms with Gasteiger partial charge in [0, 0.05) is 12.7 Å². The standard InChI is InChI=1S/C12H18N2/c1-3-12-11(7-6-10-4-5-10)8-13-9-14(12)2/h6,9H,3-5,7-8H2,1-2H3. The molecule has 1 aliphatic carbocycles. The summed E-state index contributed by atoms with van der Waals surface area (Å²) in [6, 6.07) is 0. The molecule has 0 N–H and O–H groups in total. The molecule has 0 aromatic carbocycles. The van der Waals surface area contributed by atoms with E-state index in [4.69, 9.17) is 0 Å². The number of hydrogen-bond acceptors (Lipinski definition) is 2. The van der Waals surface area contributed by atoms with Crippen molar-refractivity contribution in [1.29, 1.82) is 0 Å². The lowest BCUT2D eigenvalue weighted by atomic mass is 10.1. The number of hydrogen-bond donors (Lipinski definition) is 0. The van der Waals surface area contributed by atoms with Crippen molar-refractivity contribution in [2.45, 2.75) is 32.6 Å². The van der Waals surface area contributed by atoms with E-state index in [2.05, 4.69) is 29.9 Å². The third kappa shape index (κ3) is 2.06. The lowest BCUT2D eigenvalue weighted by Crippen LogP contribution is -2.21. The summed E-state index contributed by atoms with van der Waals surface area (Å²) in [5, 5.41) is 0. The molecule has 0 radical (unpaired) electrons. The molecule has 1 fully saturated rings. The Balaban J connectivity index is 2.08. The first-order valence-electron chi connectivity index (χ1n) is 5.43. The van der Waals surface area contributed by atoms with Crippen molar-refractivity contribution >= 4 is 6.34 Å². The number of aliphatic imine (C=N–C) groups is 1. The molecule has 2 rings (SSSR count). The van der Waals surface area contributed by atoms with Crippen LogP contribution in [0.15, 0.2) is 27.9 Å². The highest BCUT2D eigenvalue weighted by atomic mass is 15.1. The molecule has 1 heterocycles. The molecule has 0 aromatic heterocycles. The van der Waals surface area contributed by atoms with Gasteiger partial charge >= 0.3 is 0 Å². The maximum Gasteiger partial charge on any atom is 0.0893 e. The largest absolute Gasteiger partial charge is 0.340 e. The quantitative estimate of drug-likeness (QED) is 0.625. The summed E-state index contributed by atoms with van der Waals surface area (Å²) in [6.45, 7) is 3.12. The van der Waals surface area contributed by atoms with E-state index in [1.165, 1.54) is 24.1 Å². The average molecular weight is 190 g/mol.